The number of nitrogens with one attached hydrogen (secondary N) is 2. The summed E-state index contributed by atoms with van der Waals surface area (Å²) in [6, 6.07) is -3.81. The zero-order chi connectivity index (χ0) is 18.3. The number of carbonyl (C=O) groups is 4. The van der Waals surface area contributed by atoms with Gasteiger partial charge in [-0.2, -0.15) is 0 Å². The Morgan fingerprint density at radius 1 is 1.00 bits per heavy atom. The average Bonchev–Trinajstić information content (AvgIpc) is 2.39. The van der Waals surface area contributed by atoms with Gasteiger partial charge in [0.1, 0.15) is 6.04 Å². The Balaban J connectivity index is 4.97. The van der Waals surface area contributed by atoms with E-state index in [1.807, 2.05) is 0 Å². The fourth-order valence-corrected chi connectivity index (χ4v) is 1.74. The van der Waals surface area contributed by atoms with E-state index >= 15 is 0 Å². The van der Waals surface area contributed by atoms with E-state index in [9.17, 15) is 24.3 Å². The molecule has 4 atom stereocenters. The molecule has 132 valence electrons. The number of carboxylic acid groups (broad SMARTS) is 1. The lowest BCUT2D eigenvalue weighted by Gasteiger charge is -2.26. The van der Waals surface area contributed by atoms with E-state index in [1.54, 1.807) is 13.8 Å². The minimum atomic E-state index is -1.51. The summed E-state index contributed by atoms with van der Waals surface area (Å²) < 4.78 is 0. The molecular formula is C13H24N4O6. The van der Waals surface area contributed by atoms with Crippen LogP contribution in [0.25, 0.3) is 0 Å². The highest BCUT2D eigenvalue weighted by atomic mass is 16.4. The number of carboxylic acids is 1. The predicted molar refractivity (Wildman–Crippen MR) is 79.8 cm³/mol. The second-order valence-corrected chi connectivity index (χ2v) is 5.57. The third-order valence-electron chi connectivity index (χ3n) is 3.05. The maximum Gasteiger partial charge on any atom is 0.328 e. The third kappa shape index (κ3) is 7.06. The molecule has 23 heavy (non-hydrogen) atoms. The van der Waals surface area contributed by atoms with Gasteiger partial charge >= 0.3 is 5.97 Å². The molecule has 0 heterocycles. The zero-order valence-corrected chi connectivity index (χ0v) is 13.3. The molecule has 0 bridgehead atoms. The molecule has 0 aliphatic heterocycles. The van der Waals surface area contributed by atoms with Gasteiger partial charge in [0, 0.05) is 0 Å². The molecule has 0 aliphatic carbocycles. The SMILES string of the molecule is CC(C)C(NC(=O)C(N)CC(N)=O)C(=O)NC(C(=O)O)C(C)O. The van der Waals surface area contributed by atoms with Gasteiger partial charge in [-0.1, -0.05) is 13.8 Å². The first-order valence-corrected chi connectivity index (χ1v) is 7.02. The van der Waals surface area contributed by atoms with Gasteiger partial charge in [-0.3, -0.25) is 14.4 Å². The first kappa shape index (κ1) is 20.8. The topological polar surface area (TPSA) is 185 Å². The summed E-state index contributed by atoms with van der Waals surface area (Å²) in [6.07, 6.45) is -1.71. The van der Waals surface area contributed by atoms with E-state index in [2.05, 4.69) is 10.6 Å². The van der Waals surface area contributed by atoms with Crippen molar-refractivity contribution in [2.24, 2.45) is 17.4 Å². The first-order chi connectivity index (χ1) is 10.5. The predicted octanol–water partition coefficient (Wildman–Crippen LogP) is -2.72. The van der Waals surface area contributed by atoms with E-state index in [4.69, 9.17) is 16.6 Å². The molecule has 10 nitrogen and oxygen atoms in total. The number of carbonyl (C=O) groups excluding carboxylic acids is 3. The van der Waals surface area contributed by atoms with Crippen LogP contribution in [0.2, 0.25) is 0 Å². The smallest absolute Gasteiger partial charge is 0.328 e. The Labute approximate surface area is 133 Å². The Morgan fingerprint density at radius 2 is 1.48 bits per heavy atom. The van der Waals surface area contributed by atoms with Crippen molar-refractivity contribution in [2.45, 2.75) is 51.4 Å². The molecule has 0 saturated heterocycles. The lowest BCUT2D eigenvalue weighted by Crippen LogP contribution is -2.58. The summed E-state index contributed by atoms with van der Waals surface area (Å²) in [4.78, 5) is 45.8. The lowest BCUT2D eigenvalue weighted by molar-refractivity contribution is -0.145. The highest BCUT2D eigenvalue weighted by Gasteiger charge is 2.32. The van der Waals surface area contributed by atoms with Crippen molar-refractivity contribution < 1.29 is 29.4 Å². The largest absolute Gasteiger partial charge is 0.480 e. The van der Waals surface area contributed by atoms with E-state index in [1.165, 1.54) is 6.92 Å². The van der Waals surface area contributed by atoms with Crippen LogP contribution in [0.3, 0.4) is 0 Å². The number of rotatable bonds is 9. The van der Waals surface area contributed by atoms with Gasteiger partial charge in [0.2, 0.25) is 17.7 Å². The summed E-state index contributed by atoms with van der Waals surface area (Å²) >= 11 is 0. The third-order valence-corrected chi connectivity index (χ3v) is 3.05. The molecule has 0 aliphatic rings. The van der Waals surface area contributed by atoms with E-state index in [-0.39, 0.29) is 12.3 Å². The van der Waals surface area contributed by atoms with E-state index in [0.29, 0.717) is 0 Å². The second kappa shape index (κ2) is 9.06. The highest BCUT2D eigenvalue weighted by molar-refractivity contribution is 5.93. The van der Waals surface area contributed by atoms with Gasteiger partial charge in [0.25, 0.3) is 0 Å². The number of aliphatic carboxylic acids is 1. The van der Waals surface area contributed by atoms with Gasteiger partial charge in [-0.05, 0) is 12.8 Å². The van der Waals surface area contributed by atoms with Crippen LogP contribution >= 0.6 is 0 Å². The minimum absolute atomic E-state index is 0.385. The van der Waals surface area contributed by atoms with Crippen molar-refractivity contribution in [3.8, 4) is 0 Å². The molecule has 0 saturated carbocycles. The van der Waals surface area contributed by atoms with Crippen LogP contribution in [0.5, 0.6) is 0 Å². The molecule has 0 aromatic rings. The van der Waals surface area contributed by atoms with Crippen LogP contribution in [0.15, 0.2) is 0 Å². The monoisotopic (exact) mass is 332 g/mol. The highest BCUT2D eigenvalue weighted by Crippen LogP contribution is 2.05. The van der Waals surface area contributed by atoms with Crippen LogP contribution in [0, 0.1) is 5.92 Å². The van der Waals surface area contributed by atoms with Crippen molar-refractivity contribution in [2.75, 3.05) is 0 Å². The molecule has 3 amide bonds. The lowest BCUT2D eigenvalue weighted by atomic mass is 10.0. The fraction of sp³-hybridized carbons (Fsp3) is 0.692. The number of primary amides is 1. The normalized spacial score (nSPS) is 16.1. The number of aliphatic hydroxyl groups is 1. The molecule has 0 radical (unpaired) electrons. The van der Waals surface area contributed by atoms with Crippen LogP contribution in [-0.2, 0) is 19.2 Å². The summed E-state index contributed by atoms with van der Waals surface area (Å²) in [6.45, 7) is 4.47. The quantitative estimate of drug-likeness (QED) is 0.265. The van der Waals surface area contributed by atoms with E-state index in [0.717, 1.165) is 0 Å². The van der Waals surface area contributed by atoms with Crippen molar-refractivity contribution in [3.05, 3.63) is 0 Å². The van der Waals surface area contributed by atoms with Crippen LogP contribution in [-0.4, -0.2) is 58.1 Å². The summed E-state index contributed by atoms with van der Waals surface area (Å²) in [5.74, 6) is -4.11. The van der Waals surface area contributed by atoms with Gasteiger partial charge in [-0.25, -0.2) is 4.79 Å². The molecular weight excluding hydrogens is 308 g/mol. The van der Waals surface area contributed by atoms with E-state index < -0.39 is 47.9 Å². The van der Waals surface area contributed by atoms with Gasteiger partial charge in [0.05, 0.1) is 18.6 Å². The van der Waals surface area contributed by atoms with Crippen molar-refractivity contribution >= 4 is 23.7 Å². The molecule has 0 aromatic carbocycles. The number of hydrogen-bond donors (Lipinski definition) is 6. The van der Waals surface area contributed by atoms with Crippen LogP contribution in [0.1, 0.15) is 27.2 Å². The Kier molecular flexibility index (Phi) is 8.19. The maximum absolute atomic E-state index is 12.2. The number of aliphatic hydroxyl groups excluding tert-OH is 1. The van der Waals surface area contributed by atoms with Crippen molar-refractivity contribution in [1.82, 2.24) is 10.6 Å². The van der Waals surface area contributed by atoms with Crippen LogP contribution in [0.4, 0.5) is 0 Å². The standard InChI is InChI=1S/C13H24N4O6/c1-5(2)9(16-11(20)7(14)4-8(15)19)12(21)17-10(6(3)18)13(22)23/h5-7,9-10,18H,4,14H2,1-3H3,(H2,15,19)(H,16,20)(H,17,21)(H,22,23). The number of amides is 3. The summed E-state index contributed by atoms with van der Waals surface area (Å²) in [7, 11) is 0. The van der Waals surface area contributed by atoms with Crippen molar-refractivity contribution in [1.29, 1.82) is 0 Å². The Hall–Kier alpha value is -2.20. The minimum Gasteiger partial charge on any atom is -0.480 e. The second-order valence-electron chi connectivity index (χ2n) is 5.57. The molecule has 0 aromatic heterocycles. The van der Waals surface area contributed by atoms with Gasteiger partial charge < -0.3 is 32.3 Å². The maximum atomic E-state index is 12.2. The average molecular weight is 332 g/mol. The van der Waals surface area contributed by atoms with Crippen LogP contribution < -0.4 is 22.1 Å². The summed E-state index contributed by atoms with van der Waals surface area (Å²) in [5, 5.41) is 22.8. The molecule has 8 N–H and O–H groups in total. The Morgan fingerprint density at radius 3 is 1.83 bits per heavy atom. The fourth-order valence-electron chi connectivity index (χ4n) is 1.74. The molecule has 4 unspecified atom stereocenters. The van der Waals surface area contributed by atoms with Gasteiger partial charge in [-0.15, -0.1) is 0 Å². The zero-order valence-electron chi connectivity index (χ0n) is 13.3. The molecule has 10 heteroatoms. The van der Waals surface area contributed by atoms with Crippen molar-refractivity contribution in [3.63, 3.8) is 0 Å². The molecule has 0 rings (SSSR count). The first-order valence-electron chi connectivity index (χ1n) is 7.02. The number of hydrogen-bond acceptors (Lipinski definition) is 6. The molecule has 0 spiro atoms. The van der Waals surface area contributed by atoms with Gasteiger partial charge in [0.15, 0.2) is 6.04 Å². The Bertz CT molecular complexity index is 465. The summed E-state index contributed by atoms with van der Waals surface area (Å²) in [5.41, 5.74) is 10.4. The molecule has 0 fully saturated rings. The number of nitrogens with two attached hydrogens (primary N) is 2.